The van der Waals surface area contributed by atoms with Crippen molar-refractivity contribution in [2.75, 3.05) is 0 Å². The summed E-state index contributed by atoms with van der Waals surface area (Å²) in [6.45, 7) is 2.22. The van der Waals surface area contributed by atoms with Crippen molar-refractivity contribution >= 4 is 56.3 Å². The Labute approximate surface area is 128 Å². The van der Waals surface area contributed by atoms with E-state index in [4.69, 9.17) is 11.6 Å². The molecule has 0 unspecified atom stereocenters. The maximum absolute atomic E-state index is 5.89. The van der Waals surface area contributed by atoms with E-state index in [0.29, 0.717) is 0 Å². The van der Waals surface area contributed by atoms with Crippen LogP contribution in [-0.2, 0) is 6.42 Å². The van der Waals surface area contributed by atoms with Crippen LogP contribution in [0.25, 0.3) is 0 Å². The lowest BCUT2D eigenvalue weighted by molar-refractivity contribution is 1.15. The molecule has 0 aliphatic rings. The van der Waals surface area contributed by atoms with E-state index in [-0.39, 0.29) is 37.3 Å². The van der Waals surface area contributed by atoms with Crippen molar-refractivity contribution in [2.24, 2.45) is 0 Å². The van der Waals surface area contributed by atoms with E-state index in [1.54, 1.807) is 3.69 Å². The van der Waals surface area contributed by atoms with Crippen LogP contribution in [0.4, 0.5) is 0 Å². The highest BCUT2D eigenvalue weighted by Crippen LogP contribution is 2.03. The second-order valence-corrected chi connectivity index (χ2v) is 6.29. The molecule has 2 rings (SSSR count). The summed E-state index contributed by atoms with van der Waals surface area (Å²) >= 11 is 5.54. The van der Waals surface area contributed by atoms with E-state index in [9.17, 15) is 0 Å². The molecule has 0 nitrogen and oxygen atoms in total. The van der Waals surface area contributed by atoms with E-state index >= 15 is 0 Å². The lowest BCUT2D eigenvalue weighted by Crippen LogP contribution is -2.29. The average Bonchev–Trinajstić information content (AvgIpc) is 2.33. The molecule has 0 N–H and O–H groups in total. The summed E-state index contributed by atoms with van der Waals surface area (Å²) in [7, 11) is 0. The molecule has 0 saturated heterocycles. The van der Waals surface area contributed by atoms with Crippen LogP contribution in [0.15, 0.2) is 48.5 Å². The van der Waals surface area contributed by atoms with Gasteiger partial charge in [0.05, 0.1) is 0 Å². The summed E-state index contributed by atoms with van der Waals surface area (Å²) in [4.78, 5) is 0. The first-order valence-corrected chi connectivity index (χ1v) is 7.40. The van der Waals surface area contributed by atoms with Crippen molar-refractivity contribution in [1.29, 1.82) is 0 Å². The van der Waals surface area contributed by atoms with Gasteiger partial charge in [-0.2, -0.15) is 7.39 Å². The molecule has 0 amide bonds. The second kappa shape index (κ2) is 7.42. The number of hydrogen-bond donors (Lipinski definition) is 0. The van der Waals surface area contributed by atoms with E-state index in [0.717, 1.165) is 11.4 Å². The second-order valence-electron chi connectivity index (χ2n) is 3.93. The first-order chi connectivity index (χ1) is 7.79. The summed E-state index contributed by atoms with van der Waals surface area (Å²) in [6, 6.07) is 17.0. The molecule has 2 aromatic carbocycles. The molecular formula is C14H14BrClMg. The molecule has 0 fully saturated rings. The number of aryl methyl sites for hydroxylation is 1. The highest BCUT2D eigenvalue weighted by Gasteiger charge is 2.05. The predicted molar refractivity (Wildman–Crippen MR) is 82.6 cm³/mol. The first-order valence-electron chi connectivity index (χ1n) is 5.61. The van der Waals surface area contributed by atoms with Crippen LogP contribution in [0.5, 0.6) is 0 Å². The maximum Gasteiger partial charge on any atom is 0.450 e. The summed E-state index contributed by atoms with van der Waals surface area (Å²) in [6.07, 6.45) is 1.12. The van der Waals surface area contributed by atoms with Crippen LogP contribution in [0.2, 0.25) is 5.02 Å². The van der Waals surface area contributed by atoms with Crippen molar-refractivity contribution in [1.82, 2.24) is 0 Å². The Hall–Kier alpha value is -0.0238. The minimum atomic E-state index is -0.349. The van der Waals surface area contributed by atoms with Gasteiger partial charge in [0.15, 0.2) is 0 Å². The highest BCUT2D eigenvalue weighted by atomic mass is 79.9. The average molecular weight is 322 g/mol. The zero-order chi connectivity index (χ0) is 11.4. The molecule has 86 valence electrons. The van der Waals surface area contributed by atoms with Gasteiger partial charge in [0.2, 0.25) is 0 Å². The van der Waals surface area contributed by atoms with Gasteiger partial charge in [-0.05, 0) is 18.6 Å². The monoisotopic (exact) mass is 320 g/mol. The van der Waals surface area contributed by atoms with Crippen molar-refractivity contribution in [3.8, 4) is 0 Å². The molecule has 3 heteroatoms. The van der Waals surface area contributed by atoms with E-state index in [1.807, 2.05) is 12.1 Å². The number of halogens is 2. The molecule has 0 saturated carbocycles. The van der Waals surface area contributed by atoms with Gasteiger partial charge in [-0.1, -0.05) is 60.5 Å². The predicted octanol–water partition coefficient (Wildman–Crippen LogP) is 3.14. The third-order valence-electron chi connectivity index (χ3n) is 2.81. The van der Waals surface area contributed by atoms with Gasteiger partial charge < -0.3 is 0 Å². The zero-order valence-electron chi connectivity index (χ0n) is 9.82. The number of hydrogen-bond acceptors (Lipinski definition) is 0. The third kappa shape index (κ3) is 4.29. The van der Waals surface area contributed by atoms with Gasteiger partial charge in [0.1, 0.15) is 0 Å². The van der Waals surface area contributed by atoms with Crippen molar-refractivity contribution < 1.29 is 0 Å². The molecule has 0 spiro atoms. The van der Waals surface area contributed by atoms with E-state index < -0.39 is 0 Å². The standard InChI is InChI=1S/C8H9.C6H4Cl.BrH.Mg/c1-2-8-6-4-3-5-7-8;7-6-4-2-1-3-5-6;;/h3-6H,2H2,1H3;2-5H;1H;. The summed E-state index contributed by atoms with van der Waals surface area (Å²) in [5, 5.41) is 0.821. The largest absolute Gasteiger partial charge is 0.450 e. The Morgan fingerprint density at radius 2 is 1.65 bits per heavy atom. The lowest BCUT2D eigenvalue weighted by atomic mass is 10.2. The van der Waals surface area contributed by atoms with Crippen LogP contribution >= 0.6 is 28.6 Å². The molecule has 0 aromatic heterocycles. The normalized spacial score (nSPS) is 9.29. The van der Waals surface area contributed by atoms with E-state index in [1.165, 1.54) is 9.26 Å². The Morgan fingerprint density at radius 3 is 2.29 bits per heavy atom. The van der Waals surface area contributed by atoms with Crippen molar-refractivity contribution in [3.05, 3.63) is 59.1 Å². The molecule has 0 bridgehead atoms. The SMILES string of the molecule is Br.CCc1cccc[c]1[Mg][c]1ccc(Cl)cc1. The lowest BCUT2D eigenvalue weighted by Gasteiger charge is -2.07. The molecule has 0 aliphatic carbocycles. The Morgan fingerprint density at radius 1 is 1.00 bits per heavy atom. The molecule has 0 aliphatic heterocycles. The Balaban J connectivity index is 0.00000144. The molecule has 2 aromatic rings. The highest BCUT2D eigenvalue weighted by molar-refractivity contribution is 8.93. The molecule has 0 heterocycles. The van der Waals surface area contributed by atoms with Crippen molar-refractivity contribution in [2.45, 2.75) is 13.3 Å². The maximum atomic E-state index is 5.89. The Bertz CT molecular complexity index is 468. The van der Waals surface area contributed by atoms with E-state index in [2.05, 4.69) is 43.3 Å². The van der Waals surface area contributed by atoms with Gasteiger partial charge >= 0.3 is 20.4 Å². The first kappa shape index (κ1) is 15.0. The van der Waals surface area contributed by atoms with Crippen LogP contribution in [-0.4, -0.2) is 20.4 Å². The third-order valence-corrected chi connectivity index (χ3v) is 5.01. The minimum absolute atomic E-state index is 0. The van der Waals surface area contributed by atoms with Gasteiger partial charge in [-0.15, -0.1) is 17.0 Å². The summed E-state index contributed by atoms with van der Waals surface area (Å²) < 4.78 is 3.00. The summed E-state index contributed by atoms with van der Waals surface area (Å²) in [5.74, 6) is 0. The fourth-order valence-electron chi connectivity index (χ4n) is 1.90. The fourth-order valence-corrected chi connectivity index (χ4v) is 3.78. The van der Waals surface area contributed by atoms with Gasteiger partial charge in [0, 0.05) is 5.02 Å². The topological polar surface area (TPSA) is 0 Å². The van der Waals surface area contributed by atoms with Gasteiger partial charge in [-0.3, -0.25) is 0 Å². The summed E-state index contributed by atoms with van der Waals surface area (Å²) in [5.41, 5.74) is 1.49. The quantitative estimate of drug-likeness (QED) is 0.762. The Kier molecular flexibility index (Phi) is 6.56. The number of rotatable bonds is 3. The zero-order valence-corrected chi connectivity index (χ0v) is 13.7. The molecule has 0 atom stereocenters. The van der Waals surface area contributed by atoms with Gasteiger partial charge in [0.25, 0.3) is 0 Å². The van der Waals surface area contributed by atoms with Crippen LogP contribution in [0.3, 0.4) is 0 Å². The van der Waals surface area contributed by atoms with Gasteiger partial charge in [-0.25, -0.2) is 0 Å². The van der Waals surface area contributed by atoms with Crippen LogP contribution in [0, 0.1) is 0 Å². The molecular weight excluding hydrogens is 308 g/mol. The van der Waals surface area contributed by atoms with Crippen LogP contribution in [0.1, 0.15) is 12.5 Å². The minimum Gasteiger partial charge on any atom is -0.165 e. The number of benzene rings is 2. The smallest absolute Gasteiger partial charge is 0.165 e. The molecule has 17 heavy (non-hydrogen) atoms. The van der Waals surface area contributed by atoms with Crippen molar-refractivity contribution in [3.63, 3.8) is 0 Å². The van der Waals surface area contributed by atoms with Crippen LogP contribution < -0.4 is 7.39 Å². The fraction of sp³-hybridized carbons (Fsp3) is 0.143. The molecule has 0 radical (unpaired) electrons.